The van der Waals surface area contributed by atoms with Crippen LogP contribution in [0.2, 0.25) is 0 Å². The van der Waals surface area contributed by atoms with Crippen molar-refractivity contribution in [1.82, 2.24) is 0 Å². The molecule has 0 radical (unpaired) electrons. The third kappa shape index (κ3) is 4.98. The fourth-order valence-electron chi connectivity index (χ4n) is 3.45. The number of carbonyl (C=O) groups is 3. The van der Waals surface area contributed by atoms with Crippen LogP contribution in [0.5, 0.6) is 0 Å². The van der Waals surface area contributed by atoms with Crippen LogP contribution in [-0.4, -0.2) is 30.6 Å². The van der Waals surface area contributed by atoms with E-state index in [1.807, 2.05) is 30.5 Å². The van der Waals surface area contributed by atoms with Gasteiger partial charge in [0.2, 0.25) is 0 Å². The molecule has 2 aromatic carbocycles. The van der Waals surface area contributed by atoms with Crippen molar-refractivity contribution in [3.05, 3.63) is 90.4 Å². The van der Waals surface area contributed by atoms with Gasteiger partial charge in [0.1, 0.15) is 0 Å². The Morgan fingerprint density at radius 1 is 1.00 bits per heavy atom. The molecular weight excluding hydrogens is 474 g/mol. The standard InChI is InChI=1S/C25H21N3O4S.ClH/c1-3-32-25(31)17-10-12-18(13-11-17)26-21-22(27-14-5-4-6-15-27)24(30)28(23(21)29)19-8-7-9-20(16-19)33-2;/h4-16H,3H2,1-2H3;1H. The molecule has 0 saturated heterocycles. The Balaban J connectivity index is 0.00000324. The number of rotatable bonds is 7. The molecule has 0 saturated carbocycles. The van der Waals surface area contributed by atoms with Crippen LogP contribution < -0.4 is 27.2 Å². The first-order valence-corrected chi connectivity index (χ1v) is 11.5. The second-order valence-electron chi connectivity index (χ2n) is 7.08. The van der Waals surface area contributed by atoms with Crippen LogP contribution in [0, 0.1) is 0 Å². The maximum Gasteiger partial charge on any atom is 0.338 e. The molecule has 2 amide bonds. The summed E-state index contributed by atoms with van der Waals surface area (Å²) in [4.78, 5) is 40.9. The number of thioether (sulfide) groups is 1. The molecule has 7 nitrogen and oxygen atoms in total. The molecule has 0 fully saturated rings. The summed E-state index contributed by atoms with van der Waals surface area (Å²) in [5, 5.41) is 3.09. The SMILES string of the molecule is CCOC(=O)c1ccc(NC2=C([n+]3ccccc3)C(=O)N(c3cccc(SC)c3)C2=O)cc1.[Cl-]. The molecule has 1 aliphatic heterocycles. The largest absolute Gasteiger partial charge is 1.00 e. The minimum atomic E-state index is -0.459. The van der Waals surface area contributed by atoms with E-state index in [2.05, 4.69) is 5.32 Å². The third-order valence-electron chi connectivity index (χ3n) is 5.01. The molecule has 4 rings (SSSR count). The predicted octanol–water partition coefficient (Wildman–Crippen LogP) is 0.731. The van der Waals surface area contributed by atoms with Gasteiger partial charge in [0, 0.05) is 22.7 Å². The molecule has 0 atom stereocenters. The van der Waals surface area contributed by atoms with E-state index < -0.39 is 17.8 Å². The summed E-state index contributed by atoms with van der Waals surface area (Å²) in [5.74, 6) is -1.31. The van der Waals surface area contributed by atoms with Crippen molar-refractivity contribution < 1.29 is 36.1 Å². The van der Waals surface area contributed by atoms with Crippen molar-refractivity contribution in [2.45, 2.75) is 11.8 Å². The average molecular weight is 496 g/mol. The zero-order valence-corrected chi connectivity index (χ0v) is 20.1. The molecule has 9 heteroatoms. The maximum absolute atomic E-state index is 13.5. The summed E-state index contributed by atoms with van der Waals surface area (Å²) in [6.45, 7) is 2.03. The smallest absolute Gasteiger partial charge is 0.338 e. The number of nitrogens with one attached hydrogen (secondary N) is 1. The van der Waals surface area contributed by atoms with Gasteiger partial charge in [-0.25, -0.2) is 9.69 Å². The highest BCUT2D eigenvalue weighted by Crippen LogP contribution is 2.30. The third-order valence-corrected chi connectivity index (χ3v) is 5.74. The maximum atomic E-state index is 13.5. The van der Waals surface area contributed by atoms with Crippen LogP contribution in [-0.2, 0) is 14.3 Å². The van der Waals surface area contributed by atoms with E-state index in [1.54, 1.807) is 66.3 Å². The van der Waals surface area contributed by atoms with E-state index in [9.17, 15) is 14.4 Å². The van der Waals surface area contributed by atoms with E-state index in [1.165, 1.54) is 16.7 Å². The Morgan fingerprint density at radius 2 is 1.71 bits per heavy atom. The topological polar surface area (TPSA) is 79.6 Å². The van der Waals surface area contributed by atoms with Gasteiger partial charge in [-0.2, -0.15) is 4.57 Å². The fourth-order valence-corrected chi connectivity index (χ4v) is 3.90. The molecule has 3 aromatic rings. The number of halogens is 1. The second kappa shape index (κ2) is 11.0. The summed E-state index contributed by atoms with van der Waals surface area (Å²) >= 11 is 1.53. The monoisotopic (exact) mass is 495 g/mol. The molecule has 174 valence electrons. The first kappa shape index (κ1) is 25.0. The van der Waals surface area contributed by atoms with Crippen LogP contribution in [0.4, 0.5) is 11.4 Å². The van der Waals surface area contributed by atoms with Crippen molar-refractivity contribution in [2.75, 3.05) is 23.1 Å². The van der Waals surface area contributed by atoms with E-state index in [0.29, 0.717) is 16.9 Å². The minimum Gasteiger partial charge on any atom is -1.00 e. The van der Waals surface area contributed by atoms with Crippen LogP contribution >= 0.6 is 11.8 Å². The summed E-state index contributed by atoms with van der Waals surface area (Å²) in [6.07, 6.45) is 5.37. The number of anilines is 2. The van der Waals surface area contributed by atoms with Gasteiger partial charge >= 0.3 is 17.6 Å². The molecule has 1 aliphatic rings. The highest BCUT2D eigenvalue weighted by atomic mass is 35.5. The summed E-state index contributed by atoms with van der Waals surface area (Å²) < 4.78 is 6.63. The van der Waals surface area contributed by atoms with Crippen molar-refractivity contribution in [1.29, 1.82) is 0 Å². The van der Waals surface area contributed by atoms with Crippen LogP contribution in [0.25, 0.3) is 5.70 Å². The lowest BCUT2D eigenvalue weighted by molar-refractivity contribution is -0.577. The number of pyridine rings is 1. The van der Waals surface area contributed by atoms with Gasteiger partial charge in [0.05, 0.1) is 17.9 Å². The molecule has 0 spiro atoms. The normalized spacial score (nSPS) is 13.1. The van der Waals surface area contributed by atoms with Crippen molar-refractivity contribution in [2.24, 2.45) is 0 Å². The molecular formula is C25H22ClN3O4S. The molecule has 1 aromatic heterocycles. The van der Waals surface area contributed by atoms with Gasteiger partial charge in [-0.3, -0.25) is 9.59 Å². The number of carbonyl (C=O) groups excluding carboxylic acids is 3. The molecule has 2 heterocycles. The van der Waals surface area contributed by atoms with Gasteiger partial charge in [-0.05, 0) is 55.6 Å². The number of hydrogen-bond donors (Lipinski definition) is 1. The van der Waals surface area contributed by atoms with Crippen LogP contribution in [0.15, 0.2) is 89.7 Å². The van der Waals surface area contributed by atoms with Crippen LogP contribution in [0.3, 0.4) is 0 Å². The fraction of sp³-hybridized carbons (Fsp3) is 0.120. The van der Waals surface area contributed by atoms with Gasteiger partial charge in [0.25, 0.3) is 5.91 Å². The lowest BCUT2D eigenvalue weighted by Gasteiger charge is -2.15. The Kier molecular flexibility index (Phi) is 8.09. The zero-order valence-electron chi connectivity index (χ0n) is 18.5. The second-order valence-corrected chi connectivity index (χ2v) is 7.96. The van der Waals surface area contributed by atoms with Gasteiger partial charge in [0.15, 0.2) is 18.1 Å². The van der Waals surface area contributed by atoms with E-state index in [-0.39, 0.29) is 30.4 Å². The number of nitrogens with zero attached hydrogens (tertiary/aromatic N) is 2. The zero-order chi connectivity index (χ0) is 23.4. The first-order valence-electron chi connectivity index (χ1n) is 10.3. The Labute approximate surface area is 207 Å². The van der Waals surface area contributed by atoms with Gasteiger partial charge in [-0.15, -0.1) is 11.8 Å². The van der Waals surface area contributed by atoms with Gasteiger partial charge < -0.3 is 22.5 Å². The lowest BCUT2D eigenvalue weighted by atomic mass is 10.2. The average Bonchev–Trinajstić information content (AvgIpc) is 3.09. The number of hydrogen-bond acceptors (Lipinski definition) is 6. The van der Waals surface area contributed by atoms with E-state index in [4.69, 9.17) is 4.74 Å². The number of esters is 1. The van der Waals surface area contributed by atoms with Crippen molar-refractivity contribution in [3.8, 4) is 0 Å². The number of aromatic nitrogens is 1. The minimum absolute atomic E-state index is 0. The molecule has 0 aliphatic carbocycles. The summed E-state index contributed by atoms with van der Waals surface area (Å²) in [6, 6.07) is 19.2. The van der Waals surface area contributed by atoms with Gasteiger partial charge in [-0.1, -0.05) is 12.1 Å². The molecule has 0 unspecified atom stereocenters. The Morgan fingerprint density at radius 3 is 2.35 bits per heavy atom. The lowest BCUT2D eigenvalue weighted by Crippen LogP contribution is -3.00. The molecule has 1 N–H and O–H groups in total. The highest BCUT2D eigenvalue weighted by Gasteiger charge is 2.46. The van der Waals surface area contributed by atoms with Crippen molar-refractivity contribution >= 4 is 46.6 Å². The summed E-state index contributed by atoms with van der Waals surface area (Å²) in [7, 11) is 0. The predicted molar refractivity (Wildman–Crippen MR) is 127 cm³/mol. The number of imide groups is 1. The number of amides is 2. The van der Waals surface area contributed by atoms with Crippen LogP contribution in [0.1, 0.15) is 17.3 Å². The van der Waals surface area contributed by atoms with Crippen molar-refractivity contribution in [3.63, 3.8) is 0 Å². The Hall–Kier alpha value is -3.62. The number of benzene rings is 2. The van der Waals surface area contributed by atoms with E-state index in [0.717, 1.165) is 4.90 Å². The quantitative estimate of drug-likeness (QED) is 0.225. The highest BCUT2D eigenvalue weighted by molar-refractivity contribution is 7.98. The Bertz CT molecular complexity index is 1250. The van der Waals surface area contributed by atoms with E-state index >= 15 is 0 Å². The molecule has 0 bridgehead atoms. The summed E-state index contributed by atoms with van der Waals surface area (Å²) in [5.41, 5.74) is 1.82. The number of ether oxygens (including phenoxy) is 1. The first-order chi connectivity index (χ1) is 16.0. The molecule has 34 heavy (non-hydrogen) atoms.